The van der Waals surface area contributed by atoms with Crippen LogP contribution in [0.1, 0.15) is 30.9 Å². The Bertz CT molecular complexity index is 393. The average molecular weight is 327 g/mol. The molecule has 19 heavy (non-hydrogen) atoms. The number of nitrogens with zero attached hydrogens (tertiary/aromatic N) is 1. The Kier molecular flexibility index (Phi) is 5.82. The molecule has 1 aliphatic heterocycles. The fourth-order valence-electron chi connectivity index (χ4n) is 2.56. The van der Waals surface area contributed by atoms with E-state index in [1.807, 2.05) is 12.1 Å². The number of rotatable bonds is 5. The number of halogens is 1. The van der Waals surface area contributed by atoms with Gasteiger partial charge in [0.1, 0.15) is 0 Å². The van der Waals surface area contributed by atoms with E-state index in [1.54, 1.807) is 0 Å². The van der Waals surface area contributed by atoms with Crippen LogP contribution in [0.3, 0.4) is 0 Å². The van der Waals surface area contributed by atoms with Crippen LogP contribution >= 0.6 is 15.9 Å². The molecular weight excluding hydrogens is 304 g/mol. The summed E-state index contributed by atoms with van der Waals surface area (Å²) in [5.41, 5.74) is 7.47. The number of ether oxygens (including phenoxy) is 1. The van der Waals surface area contributed by atoms with Gasteiger partial charge in [0, 0.05) is 29.8 Å². The molecule has 0 saturated carbocycles. The summed E-state index contributed by atoms with van der Waals surface area (Å²) >= 11 is 3.49. The minimum absolute atomic E-state index is 0.111. The van der Waals surface area contributed by atoms with Crippen LogP contribution in [0.2, 0.25) is 0 Å². The summed E-state index contributed by atoms with van der Waals surface area (Å²) in [6.45, 7) is 2.83. The molecule has 1 heterocycles. The summed E-state index contributed by atoms with van der Waals surface area (Å²) in [7, 11) is 2.20. The summed E-state index contributed by atoms with van der Waals surface area (Å²) in [5.74, 6) is 0. The summed E-state index contributed by atoms with van der Waals surface area (Å²) in [4.78, 5) is 2.43. The van der Waals surface area contributed by atoms with Gasteiger partial charge in [0.15, 0.2) is 0 Å². The smallest absolute Gasteiger partial charge is 0.0480 e. The topological polar surface area (TPSA) is 38.5 Å². The van der Waals surface area contributed by atoms with E-state index in [9.17, 15) is 0 Å². The van der Waals surface area contributed by atoms with Crippen molar-refractivity contribution < 1.29 is 4.74 Å². The van der Waals surface area contributed by atoms with Crippen molar-refractivity contribution in [3.63, 3.8) is 0 Å². The number of hydrogen-bond acceptors (Lipinski definition) is 3. The number of nitrogens with two attached hydrogens (primary N) is 1. The van der Waals surface area contributed by atoms with Crippen molar-refractivity contribution >= 4 is 15.9 Å². The highest BCUT2D eigenvalue weighted by Gasteiger charge is 2.18. The summed E-state index contributed by atoms with van der Waals surface area (Å²) in [5, 5.41) is 0. The van der Waals surface area contributed by atoms with Crippen LogP contribution in [0.4, 0.5) is 0 Å². The third kappa shape index (κ3) is 4.56. The summed E-state index contributed by atoms with van der Waals surface area (Å²) in [6, 6.07) is 9.05. The molecule has 2 rings (SSSR count). The van der Waals surface area contributed by atoms with E-state index in [2.05, 4.69) is 40.0 Å². The second-order valence-electron chi connectivity index (χ2n) is 5.27. The van der Waals surface area contributed by atoms with Crippen molar-refractivity contribution in [2.75, 3.05) is 26.8 Å². The van der Waals surface area contributed by atoms with E-state index in [-0.39, 0.29) is 6.04 Å². The molecule has 0 aliphatic carbocycles. The zero-order valence-corrected chi connectivity index (χ0v) is 13.1. The Morgan fingerprint density at radius 3 is 2.84 bits per heavy atom. The second kappa shape index (κ2) is 7.39. The van der Waals surface area contributed by atoms with Gasteiger partial charge in [0.05, 0.1) is 0 Å². The predicted octanol–water partition coefficient (Wildman–Crippen LogP) is 2.95. The first-order valence-corrected chi connectivity index (χ1v) is 7.75. The lowest BCUT2D eigenvalue weighted by Crippen LogP contribution is -2.38. The van der Waals surface area contributed by atoms with Crippen molar-refractivity contribution in [3.8, 4) is 0 Å². The zero-order chi connectivity index (χ0) is 13.7. The molecular formula is C15H23BrN2O. The molecule has 3 nitrogen and oxygen atoms in total. The molecule has 0 amide bonds. The zero-order valence-electron chi connectivity index (χ0n) is 11.5. The minimum Gasteiger partial charge on any atom is -0.381 e. The van der Waals surface area contributed by atoms with E-state index < -0.39 is 0 Å². The van der Waals surface area contributed by atoms with Crippen molar-refractivity contribution in [1.82, 2.24) is 4.90 Å². The molecule has 106 valence electrons. The monoisotopic (exact) mass is 326 g/mol. The molecule has 1 saturated heterocycles. The highest BCUT2D eigenvalue weighted by Crippen LogP contribution is 2.20. The molecule has 4 heteroatoms. The lowest BCUT2D eigenvalue weighted by Gasteiger charge is -2.31. The van der Waals surface area contributed by atoms with E-state index in [0.29, 0.717) is 6.04 Å². The Hall–Kier alpha value is -0.420. The fourth-order valence-corrected chi connectivity index (χ4v) is 2.97. The highest BCUT2D eigenvalue weighted by atomic mass is 79.9. The van der Waals surface area contributed by atoms with Crippen LogP contribution in [0, 0.1) is 0 Å². The maximum absolute atomic E-state index is 6.27. The molecule has 1 unspecified atom stereocenters. The molecule has 1 fully saturated rings. The molecule has 1 aromatic carbocycles. The highest BCUT2D eigenvalue weighted by molar-refractivity contribution is 9.10. The van der Waals surface area contributed by atoms with E-state index in [1.165, 1.54) is 5.56 Å². The summed E-state index contributed by atoms with van der Waals surface area (Å²) in [6.07, 6.45) is 3.27. The van der Waals surface area contributed by atoms with Gasteiger partial charge in [-0.25, -0.2) is 0 Å². The quantitative estimate of drug-likeness (QED) is 0.904. The first-order valence-electron chi connectivity index (χ1n) is 6.96. The van der Waals surface area contributed by atoms with Crippen LogP contribution in [0.15, 0.2) is 28.7 Å². The normalized spacial score (nSPS) is 18.7. The van der Waals surface area contributed by atoms with Crippen LogP contribution in [-0.4, -0.2) is 37.7 Å². The Morgan fingerprint density at radius 1 is 1.42 bits per heavy atom. The number of benzene rings is 1. The van der Waals surface area contributed by atoms with Gasteiger partial charge in [-0.1, -0.05) is 28.1 Å². The van der Waals surface area contributed by atoms with Crippen molar-refractivity contribution in [3.05, 3.63) is 34.3 Å². The van der Waals surface area contributed by atoms with Crippen molar-refractivity contribution in [2.45, 2.75) is 31.3 Å². The van der Waals surface area contributed by atoms with Gasteiger partial charge in [0.25, 0.3) is 0 Å². The maximum atomic E-state index is 6.27. The first kappa shape index (κ1) is 15.0. The SMILES string of the molecule is CN(CCC(N)c1cccc(Br)c1)C1CCOCC1. The first-order chi connectivity index (χ1) is 9.16. The van der Waals surface area contributed by atoms with Crippen LogP contribution in [0.25, 0.3) is 0 Å². The lowest BCUT2D eigenvalue weighted by atomic mass is 10.0. The summed E-state index contributed by atoms with van der Waals surface area (Å²) < 4.78 is 6.50. The fraction of sp³-hybridized carbons (Fsp3) is 0.600. The van der Waals surface area contributed by atoms with Crippen LogP contribution in [0.5, 0.6) is 0 Å². The molecule has 1 aliphatic rings. The van der Waals surface area contributed by atoms with Gasteiger partial charge < -0.3 is 15.4 Å². The maximum Gasteiger partial charge on any atom is 0.0480 e. The van der Waals surface area contributed by atoms with E-state index in [4.69, 9.17) is 10.5 Å². The molecule has 0 bridgehead atoms. The molecule has 2 N–H and O–H groups in total. The van der Waals surface area contributed by atoms with Gasteiger partial charge >= 0.3 is 0 Å². The van der Waals surface area contributed by atoms with E-state index in [0.717, 1.165) is 43.5 Å². The van der Waals surface area contributed by atoms with Gasteiger partial charge in [-0.3, -0.25) is 0 Å². The minimum atomic E-state index is 0.111. The Labute approximate surface area is 124 Å². The third-order valence-electron chi connectivity index (χ3n) is 3.88. The average Bonchev–Trinajstić information content (AvgIpc) is 2.45. The predicted molar refractivity (Wildman–Crippen MR) is 82.2 cm³/mol. The molecule has 0 radical (unpaired) electrons. The molecule has 1 aromatic rings. The van der Waals surface area contributed by atoms with Gasteiger partial charge in [0.2, 0.25) is 0 Å². The molecule has 0 aromatic heterocycles. The lowest BCUT2D eigenvalue weighted by molar-refractivity contribution is 0.0422. The van der Waals surface area contributed by atoms with Crippen molar-refractivity contribution in [2.24, 2.45) is 5.73 Å². The molecule has 1 atom stereocenters. The second-order valence-corrected chi connectivity index (χ2v) is 6.19. The van der Waals surface area contributed by atoms with E-state index >= 15 is 0 Å². The Balaban J connectivity index is 1.80. The largest absolute Gasteiger partial charge is 0.381 e. The molecule has 0 spiro atoms. The van der Waals surface area contributed by atoms with Crippen LogP contribution in [-0.2, 0) is 4.74 Å². The Morgan fingerprint density at radius 2 is 2.16 bits per heavy atom. The van der Waals surface area contributed by atoms with Gasteiger partial charge in [-0.05, 0) is 50.6 Å². The van der Waals surface area contributed by atoms with Gasteiger partial charge in [-0.2, -0.15) is 0 Å². The van der Waals surface area contributed by atoms with Crippen LogP contribution < -0.4 is 5.73 Å². The van der Waals surface area contributed by atoms with Crippen molar-refractivity contribution in [1.29, 1.82) is 0 Å². The number of hydrogen-bond donors (Lipinski definition) is 1. The standard InChI is InChI=1S/C15H23BrN2O/c1-18(14-6-9-19-10-7-14)8-5-15(17)12-3-2-4-13(16)11-12/h2-4,11,14-15H,5-10,17H2,1H3. The third-order valence-corrected chi connectivity index (χ3v) is 4.38. The van der Waals surface area contributed by atoms with Gasteiger partial charge in [-0.15, -0.1) is 0 Å².